The number of nitrogens with zero attached hydrogens (tertiary/aromatic N) is 3. The maximum absolute atomic E-state index is 11.2. The number of nitro groups is 1. The molecule has 0 fully saturated rings. The third-order valence-electron chi connectivity index (χ3n) is 2.11. The van der Waals surface area contributed by atoms with Gasteiger partial charge in [0.1, 0.15) is 6.20 Å². The number of aliphatic hydroxyl groups is 1. The van der Waals surface area contributed by atoms with E-state index >= 15 is 0 Å². The summed E-state index contributed by atoms with van der Waals surface area (Å²) in [5, 5.41) is 19.0. The molecule has 16 heavy (non-hydrogen) atoms. The van der Waals surface area contributed by atoms with Gasteiger partial charge in [0.15, 0.2) is 0 Å². The van der Waals surface area contributed by atoms with E-state index in [2.05, 4.69) is 4.98 Å². The average Bonchev–Trinajstić information content (AvgIpc) is 2.26. The van der Waals surface area contributed by atoms with Gasteiger partial charge in [-0.25, -0.2) is 4.79 Å². The highest BCUT2D eigenvalue weighted by Crippen LogP contribution is 2.05. The summed E-state index contributed by atoms with van der Waals surface area (Å²) in [5.74, 6) is 0. The van der Waals surface area contributed by atoms with E-state index in [0.717, 1.165) is 12.6 Å². The van der Waals surface area contributed by atoms with Crippen LogP contribution in [0.2, 0.25) is 0 Å². The fraction of sp³-hybridized carbons (Fsp3) is 0.556. The number of hydrogen-bond acceptors (Lipinski definition) is 5. The topological polar surface area (TPSA) is 98.3 Å². The number of rotatable bonds is 6. The second kappa shape index (κ2) is 5.96. The first-order chi connectivity index (χ1) is 7.65. The maximum Gasteiger partial charge on any atom is 0.347 e. The molecule has 7 heteroatoms. The second-order valence-electron chi connectivity index (χ2n) is 3.33. The molecular weight excluding hydrogens is 214 g/mol. The van der Waals surface area contributed by atoms with Gasteiger partial charge < -0.3 is 5.11 Å². The van der Waals surface area contributed by atoms with E-state index < -0.39 is 10.6 Å². The number of hydrogen-bond donors (Lipinski definition) is 1. The molecule has 0 aliphatic carbocycles. The Morgan fingerprint density at radius 1 is 1.44 bits per heavy atom. The van der Waals surface area contributed by atoms with Crippen LogP contribution in [0.4, 0.5) is 5.69 Å². The van der Waals surface area contributed by atoms with E-state index in [0.29, 0.717) is 19.4 Å². The Hall–Kier alpha value is -1.76. The molecule has 0 aliphatic rings. The van der Waals surface area contributed by atoms with Gasteiger partial charge in [-0.15, -0.1) is 0 Å². The van der Waals surface area contributed by atoms with Crippen molar-refractivity contribution in [1.82, 2.24) is 9.55 Å². The van der Waals surface area contributed by atoms with Gasteiger partial charge in [0.25, 0.3) is 0 Å². The molecule has 1 aromatic rings. The van der Waals surface area contributed by atoms with Gasteiger partial charge in [0, 0.05) is 13.2 Å². The molecule has 0 saturated carbocycles. The standard InChI is InChI=1S/C9H13N3O4/c13-5-3-1-2-4-11-7-8(12(15)16)6-10-9(11)14/h6-7,13H,1-5H2. The molecule has 0 amide bonds. The first kappa shape index (κ1) is 12.3. The summed E-state index contributed by atoms with van der Waals surface area (Å²) in [6.07, 6.45) is 4.26. The SMILES string of the molecule is O=c1ncc([N+](=O)[O-])cn1CCCCCO. The Balaban J connectivity index is 2.67. The van der Waals surface area contributed by atoms with E-state index in [1.807, 2.05) is 0 Å². The predicted octanol–water partition coefficient (Wildman–Crippen LogP) is 0.314. The average molecular weight is 227 g/mol. The zero-order chi connectivity index (χ0) is 12.0. The van der Waals surface area contributed by atoms with E-state index in [-0.39, 0.29) is 12.3 Å². The van der Waals surface area contributed by atoms with Crippen molar-refractivity contribution in [3.8, 4) is 0 Å². The van der Waals surface area contributed by atoms with E-state index in [4.69, 9.17) is 5.11 Å². The van der Waals surface area contributed by atoms with Gasteiger partial charge in [-0.05, 0) is 19.3 Å². The summed E-state index contributed by atoms with van der Waals surface area (Å²) in [6, 6.07) is 0. The zero-order valence-corrected chi connectivity index (χ0v) is 8.70. The number of aliphatic hydroxyl groups excluding tert-OH is 1. The van der Waals surface area contributed by atoms with Gasteiger partial charge in [-0.2, -0.15) is 4.98 Å². The number of aryl methyl sites for hydroxylation is 1. The monoisotopic (exact) mass is 227 g/mol. The Morgan fingerprint density at radius 2 is 2.19 bits per heavy atom. The Bertz CT molecular complexity index is 415. The molecule has 0 spiro atoms. The van der Waals surface area contributed by atoms with Crippen LogP contribution in [0.5, 0.6) is 0 Å². The molecule has 1 N–H and O–H groups in total. The highest BCUT2D eigenvalue weighted by atomic mass is 16.6. The molecular formula is C9H13N3O4. The predicted molar refractivity (Wildman–Crippen MR) is 56.1 cm³/mol. The van der Waals surface area contributed by atoms with Crippen LogP contribution >= 0.6 is 0 Å². The summed E-state index contributed by atoms with van der Waals surface area (Å²) < 4.78 is 1.22. The molecule has 7 nitrogen and oxygen atoms in total. The summed E-state index contributed by atoms with van der Waals surface area (Å²) in [4.78, 5) is 24.5. The molecule has 1 rings (SSSR count). The van der Waals surface area contributed by atoms with Crippen LogP contribution in [0.15, 0.2) is 17.2 Å². The summed E-state index contributed by atoms with van der Waals surface area (Å²) in [7, 11) is 0. The van der Waals surface area contributed by atoms with Gasteiger partial charge in [-0.1, -0.05) is 0 Å². The lowest BCUT2D eigenvalue weighted by Gasteiger charge is -2.03. The molecule has 1 heterocycles. The fourth-order valence-electron chi connectivity index (χ4n) is 1.27. The Kier molecular flexibility index (Phi) is 4.59. The van der Waals surface area contributed by atoms with Gasteiger partial charge >= 0.3 is 11.4 Å². The zero-order valence-electron chi connectivity index (χ0n) is 8.70. The minimum atomic E-state index is -0.587. The number of unbranched alkanes of at least 4 members (excludes halogenated alkanes) is 2. The van der Waals surface area contributed by atoms with Crippen LogP contribution < -0.4 is 5.69 Å². The molecule has 0 saturated heterocycles. The highest BCUT2D eigenvalue weighted by molar-refractivity contribution is 5.20. The van der Waals surface area contributed by atoms with Crippen molar-refractivity contribution in [2.75, 3.05) is 6.61 Å². The van der Waals surface area contributed by atoms with Crippen molar-refractivity contribution in [2.24, 2.45) is 0 Å². The quantitative estimate of drug-likeness (QED) is 0.428. The van der Waals surface area contributed by atoms with Crippen molar-refractivity contribution >= 4 is 5.69 Å². The molecule has 0 aromatic carbocycles. The van der Waals surface area contributed by atoms with Crippen LogP contribution in [-0.2, 0) is 6.54 Å². The normalized spacial score (nSPS) is 10.3. The highest BCUT2D eigenvalue weighted by Gasteiger charge is 2.08. The third kappa shape index (κ3) is 3.43. The van der Waals surface area contributed by atoms with Gasteiger partial charge in [0.2, 0.25) is 0 Å². The minimum Gasteiger partial charge on any atom is -0.396 e. The number of aromatic nitrogens is 2. The first-order valence-electron chi connectivity index (χ1n) is 4.97. The summed E-state index contributed by atoms with van der Waals surface area (Å²) >= 11 is 0. The van der Waals surface area contributed by atoms with E-state index in [9.17, 15) is 14.9 Å². The van der Waals surface area contributed by atoms with Gasteiger partial charge in [0.05, 0.1) is 11.1 Å². The molecule has 0 bridgehead atoms. The van der Waals surface area contributed by atoms with Crippen molar-refractivity contribution in [3.63, 3.8) is 0 Å². The van der Waals surface area contributed by atoms with Crippen molar-refractivity contribution in [1.29, 1.82) is 0 Å². The largest absolute Gasteiger partial charge is 0.396 e. The molecule has 0 radical (unpaired) electrons. The van der Waals surface area contributed by atoms with Crippen LogP contribution in [0, 0.1) is 10.1 Å². The van der Waals surface area contributed by atoms with Crippen LogP contribution in [0.25, 0.3) is 0 Å². The first-order valence-corrected chi connectivity index (χ1v) is 4.97. The Labute approximate surface area is 91.5 Å². The van der Waals surface area contributed by atoms with E-state index in [1.165, 1.54) is 10.8 Å². The Morgan fingerprint density at radius 3 is 2.81 bits per heavy atom. The van der Waals surface area contributed by atoms with Crippen molar-refractivity contribution in [2.45, 2.75) is 25.8 Å². The lowest BCUT2D eigenvalue weighted by molar-refractivity contribution is -0.385. The lowest BCUT2D eigenvalue weighted by Crippen LogP contribution is -2.22. The van der Waals surface area contributed by atoms with Crippen LogP contribution in [-0.4, -0.2) is 26.2 Å². The maximum atomic E-state index is 11.2. The van der Waals surface area contributed by atoms with Gasteiger partial charge in [-0.3, -0.25) is 14.7 Å². The third-order valence-corrected chi connectivity index (χ3v) is 2.11. The second-order valence-corrected chi connectivity index (χ2v) is 3.33. The molecule has 88 valence electrons. The summed E-state index contributed by atoms with van der Waals surface area (Å²) in [5.41, 5.74) is -0.684. The van der Waals surface area contributed by atoms with Crippen LogP contribution in [0.1, 0.15) is 19.3 Å². The van der Waals surface area contributed by atoms with Crippen LogP contribution in [0.3, 0.4) is 0 Å². The smallest absolute Gasteiger partial charge is 0.347 e. The molecule has 1 aromatic heterocycles. The van der Waals surface area contributed by atoms with E-state index in [1.54, 1.807) is 0 Å². The lowest BCUT2D eigenvalue weighted by atomic mass is 10.2. The molecule has 0 atom stereocenters. The molecule has 0 unspecified atom stereocenters. The summed E-state index contributed by atoms with van der Waals surface area (Å²) in [6.45, 7) is 0.496. The minimum absolute atomic E-state index is 0.113. The molecule has 0 aliphatic heterocycles. The fourth-order valence-corrected chi connectivity index (χ4v) is 1.27. The van der Waals surface area contributed by atoms with Crippen molar-refractivity contribution in [3.05, 3.63) is 33.0 Å². The van der Waals surface area contributed by atoms with Crippen molar-refractivity contribution < 1.29 is 10.0 Å².